The van der Waals surface area contributed by atoms with E-state index in [-0.39, 0.29) is 11.3 Å². The Balaban J connectivity index is 2.19. The minimum Gasteiger partial charge on any atom is -0.334 e. The molecule has 0 saturated carbocycles. The first-order valence-corrected chi connectivity index (χ1v) is 6.56. The fourth-order valence-corrected chi connectivity index (χ4v) is 2.40. The molecule has 0 radical (unpaired) electrons. The van der Waals surface area contributed by atoms with Crippen molar-refractivity contribution < 1.29 is 9.18 Å². The molecule has 0 saturated heterocycles. The number of fused-ring (bicyclic) bond motifs is 1. The number of nitrogens with one attached hydrogen (secondary N) is 1. The SMILES string of the molecule is O=C(c1ccc(F)cc1)c1ccc(=O)n2cc(Br)[nH]c12. The Morgan fingerprint density at radius 2 is 1.85 bits per heavy atom. The van der Waals surface area contributed by atoms with Crippen molar-refractivity contribution in [2.45, 2.75) is 0 Å². The molecular weight excluding hydrogens is 327 g/mol. The lowest BCUT2D eigenvalue weighted by Gasteiger charge is -2.03. The van der Waals surface area contributed by atoms with Crippen LogP contribution in [0.3, 0.4) is 0 Å². The third-order valence-electron chi connectivity index (χ3n) is 2.96. The average Bonchev–Trinajstić information content (AvgIpc) is 2.82. The fraction of sp³-hybridized carbons (Fsp3) is 0. The summed E-state index contributed by atoms with van der Waals surface area (Å²) in [6.07, 6.45) is 1.55. The van der Waals surface area contributed by atoms with Gasteiger partial charge in [0.2, 0.25) is 0 Å². The van der Waals surface area contributed by atoms with Gasteiger partial charge in [0.1, 0.15) is 16.1 Å². The third kappa shape index (κ3) is 2.08. The second-order valence-corrected chi connectivity index (χ2v) is 5.10. The van der Waals surface area contributed by atoms with Crippen molar-refractivity contribution in [3.63, 3.8) is 0 Å². The fourth-order valence-electron chi connectivity index (χ4n) is 2.01. The topological polar surface area (TPSA) is 54.3 Å². The van der Waals surface area contributed by atoms with E-state index in [9.17, 15) is 14.0 Å². The smallest absolute Gasteiger partial charge is 0.256 e. The Bertz CT molecular complexity index is 865. The number of carbonyl (C=O) groups excluding carboxylic acids is 1. The van der Waals surface area contributed by atoms with Crippen molar-refractivity contribution in [2.75, 3.05) is 0 Å². The van der Waals surface area contributed by atoms with Crippen molar-refractivity contribution in [1.29, 1.82) is 0 Å². The van der Waals surface area contributed by atoms with E-state index in [0.29, 0.717) is 21.4 Å². The highest BCUT2D eigenvalue weighted by molar-refractivity contribution is 9.10. The molecule has 2 heterocycles. The maximum absolute atomic E-state index is 12.9. The first-order chi connectivity index (χ1) is 9.56. The van der Waals surface area contributed by atoms with Gasteiger partial charge in [0.05, 0.1) is 5.56 Å². The second-order valence-electron chi connectivity index (χ2n) is 4.24. The van der Waals surface area contributed by atoms with Crippen molar-refractivity contribution in [2.24, 2.45) is 0 Å². The number of halogens is 2. The maximum Gasteiger partial charge on any atom is 0.256 e. The van der Waals surface area contributed by atoms with Crippen LogP contribution >= 0.6 is 15.9 Å². The van der Waals surface area contributed by atoms with Gasteiger partial charge in [0.25, 0.3) is 5.56 Å². The summed E-state index contributed by atoms with van der Waals surface area (Å²) in [7, 11) is 0. The van der Waals surface area contributed by atoms with Gasteiger partial charge in [0, 0.05) is 17.8 Å². The second kappa shape index (κ2) is 4.72. The number of nitrogens with zero attached hydrogens (tertiary/aromatic N) is 1. The molecule has 3 aromatic rings. The van der Waals surface area contributed by atoms with Crippen LogP contribution in [-0.4, -0.2) is 15.2 Å². The molecule has 2 aromatic heterocycles. The van der Waals surface area contributed by atoms with Crippen LogP contribution in [0, 0.1) is 5.82 Å². The summed E-state index contributed by atoms with van der Waals surface area (Å²) in [5.41, 5.74) is 0.871. The Hall–Kier alpha value is -2.21. The van der Waals surface area contributed by atoms with Crippen molar-refractivity contribution >= 4 is 27.4 Å². The number of imidazole rings is 1. The molecule has 0 amide bonds. The van der Waals surface area contributed by atoms with E-state index in [0.717, 1.165) is 0 Å². The Morgan fingerprint density at radius 3 is 2.55 bits per heavy atom. The van der Waals surface area contributed by atoms with Crippen LogP contribution in [0.5, 0.6) is 0 Å². The van der Waals surface area contributed by atoms with Gasteiger partial charge in [0.15, 0.2) is 5.78 Å². The van der Waals surface area contributed by atoms with E-state index in [1.807, 2.05) is 0 Å². The Kier molecular flexibility index (Phi) is 3.02. The molecule has 0 aliphatic carbocycles. The summed E-state index contributed by atoms with van der Waals surface area (Å²) in [4.78, 5) is 27.0. The lowest BCUT2D eigenvalue weighted by Crippen LogP contribution is -2.14. The van der Waals surface area contributed by atoms with E-state index in [4.69, 9.17) is 0 Å². The number of rotatable bonds is 2. The quantitative estimate of drug-likeness (QED) is 0.732. The molecule has 0 atom stereocenters. The largest absolute Gasteiger partial charge is 0.334 e. The number of hydrogen-bond acceptors (Lipinski definition) is 2. The highest BCUT2D eigenvalue weighted by atomic mass is 79.9. The lowest BCUT2D eigenvalue weighted by atomic mass is 10.0. The molecule has 1 N–H and O–H groups in total. The van der Waals surface area contributed by atoms with Crippen molar-refractivity contribution in [3.8, 4) is 0 Å². The van der Waals surface area contributed by atoms with Crippen LogP contribution in [0.2, 0.25) is 0 Å². The zero-order valence-electron chi connectivity index (χ0n) is 10.1. The molecular formula is C14H8BrFN2O2. The first kappa shape index (κ1) is 12.8. The maximum atomic E-state index is 12.9. The van der Waals surface area contributed by atoms with E-state index >= 15 is 0 Å². The van der Waals surface area contributed by atoms with Crippen LogP contribution in [0.15, 0.2) is 52.0 Å². The van der Waals surface area contributed by atoms with Gasteiger partial charge in [-0.1, -0.05) is 0 Å². The van der Waals surface area contributed by atoms with Gasteiger partial charge < -0.3 is 4.98 Å². The lowest BCUT2D eigenvalue weighted by molar-refractivity contribution is 0.103. The third-order valence-corrected chi connectivity index (χ3v) is 3.36. The van der Waals surface area contributed by atoms with Crippen LogP contribution < -0.4 is 5.56 Å². The Morgan fingerprint density at radius 1 is 1.15 bits per heavy atom. The minimum atomic E-state index is -0.404. The predicted molar refractivity (Wildman–Crippen MR) is 75.6 cm³/mol. The average molecular weight is 335 g/mol. The molecule has 1 aromatic carbocycles. The zero-order chi connectivity index (χ0) is 14.3. The highest BCUT2D eigenvalue weighted by Gasteiger charge is 2.15. The number of carbonyl (C=O) groups is 1. The number of aromatic amines is 1. The van der Waals surface area contributed by atoms with Crippen LogP contribution in [0.25, 0.3) is 5.65 Å². The molecule has 0 aliphatic heterocycles. The van der Waals surface area contributed by atoms with Crippen LogP contribution in [0.1, 0.15) is 15.9 Å². The molecule has 0 fully saturated rings. The molecule has 0 aliphatic rings. The van der Waals surface area contributed by atoms with E-state index in [1.165, 1.54) is 40.8 Å². The molecule has 0 bridgehead atoms. The van der Waals surface area contributed by atoms with Crippen molar-refractivity contribution in [1.82, 2.24) is 9.38 Å². The van der Waals surface area contributed by atoms with Gasteiger partial charge in [-0.15, -0.1) is 0 Å². The monoisotopic (exact) mass is 334 g/mol. The standard InChI is InChI=1S/C14H8BrFN2O2/c15-11-7-18-12(19)6-5-10(14(18)17-11)13(20)8-1-3-9(16)4-2-8/h1-7,17H. The molecule has 20 heavy (non-hydrogen) atoms. The van der Waals surface area contributed by atoms with Gasteiger partial charge >= 0.3 is 0 Å². The minimum absolute atomic E-state index is 0.238. The summed E-state index contributed by atoms with van der Waals surface area (Å²) in [6, 6.07) is 8.07. The Labute approximate surface area is 121 Å². The number of pyridine rings is 1. The zero-order valence-corrected chi connectivity index (χ0v) is 11.6. The summed E-state index contributed by atoms with van der Waals surface area (Å²) in [5.74, 6) is -0.685. The molecule has 0 unspecified atom stereocenters. The summed E-state index contributed by atoms with van der Waals surface area (Å²) in [6.45, 7) is 0. The normalized spacial score (nSPS) is 10.9. The van der Waals surface area contributed by atoms with Crippen LogP contribution in [-0.2, 0) is 0 Å². The van der Waals surface area contributed by atoms with Gasteiger partial charge in [-0.2, -0.15) is 0 Å². The summed E-state index contributed by atoms with van der Waals surface area (Å²) in [5, 5.41) is 0. The molecule has 4 nitrogen and oxygen atoms in total. The summed E-state index contributed by atoms with van der Waals surface area (Å²) >= 11 is 3.23. The highest BCUT2D eigenvalue weighted by Crippen LogP contribution is 2.17. The number of ketones is 1. The molecule has 100 valence electrons. The van der Waals surface area contributed by atoms with Gasteiger partial charge in [-0.3, -0.25) is 14.0 Å². The molecule has 0 spiro atoms. The molecule has 3 rings (SSSR count). The predicted octanol–water partition coefficient (Wildman–Crippen LogP) is 2.76. The number of aromatic nitrogens is 2. The number of hydrogen-bond donors (Lipinski definition) is 1. The van der Waals surface area contributed by atoms with Gasteiger partial charge in [-0.25, -0.2) is 4.39 Å². The molecule has 6 heteroatoms. The van der Waals surface area contributed by atoms with Gasteiger partial charge in [-0.05, 0) is 46.3 Å². The van der Waals surface area contributed by atoms with E-state index in [2.05, 4.69) is 20.9 Å². The summed E-state index contributed by atoms with van der Waals surface area (Å²) < 4.78 is 14.8. The number of H-pyrrole nitrogens is 1. The van der Waals surface area contributed by atoms with E-state index in [1.54, 1.807) is 6.20 Å². The van der Waals surface area contributed by atoms with E-state index < -0.39 is 5.82 Å². The number of benzene rings is 1. The first-order valence-electron chi connectivity index (χ1n) is 5.76. The van der Waals surface area contributed by atoms with Crippen molar-refractivity contribution in [3.05, 3.63) is 74.5 Å². The van der Waals surface area contributed by atoms with Crippen LogP contribution in [0.4, 0.5) is 4.39 Å².